The molecule has 0 aromatic heterocycles. The van der Waals surface area contributed by atoms with Crippen LogP contribution in [0.5, 0.6) is 0 Å². The molecule has 1 fully saturated rings. The van der Waals surface area contributed by atoms with Crippen molar-refractivity contribution in [2.24, 2.45) is 4.99 Å². The number of hydrogen-bond donors (Lipinski definition) is 0. The molecule has 27 heavy (non-hydrogen) atoms. The lowest BCUT2D eigenvalue weighted by atomic mass is 9.98. The van der Waals surface area contributed by atoms with E-state index in [0.717, 1.165) is 11.4 Å². The Morgan fingerprint density at radius 3 is 2.59 bits per heavy atom. The third-order valence-electron chi connectivity index (χ3n) is 4.57. The van der Waals surface area contributed by atoms with Crippen LogP contribution in [0.4, 0.5) is 11.4 Å². The van der Waals surface area contributed by atoms with Gasteiger partial charge in [0.15, 0.2) is 0 Å². The Balaban J connectivity index is 2.08. The fourth-order valence-corrected chi connectivity index (χ4v) is 3.07. The molecule has 0 N–H and O–H groups in total. The van der Waals surface area contributed by atoms with Crippen molar-refractivity contribution < 1.29 is 9.66 Å². The van der Waals surface area contributed by atoms with Crippen LogP contribution in [0.1, 0.15) is 24.0 Å². The van der Waals surface area contributed by atoms with E-state index in [1.165, 1.54) is 18.2 Å². The number of amidine groups is 1. The highest BCUT2D eigenvalue weighted by Crippen LogP contribution is 2.28. The van der Waals surface area contributed by atoms with E-state index in [1.54, 1.807) is 0 Å². The molecule has 2 aromatic carbocycles. The van der Waals surface area contributed by atoms with Crippen molar-refractivity contribution in [3.63, 3.8) is 0 Å². The lowest BCUT2D eigenvalue weighted by Gasteiger charge is -2.33. The maximum absolute atomic E-state index is 11.1. The average molecular weight is 364 g/mol. The molecule has 0 saturated carbocycles. The van der Waals surface area contributed by atoms with Gasteiger partial charge in [-0.2, -0.15) is 5.26 Å². The van der Waals surface area contributed by atoms with E-state index in [1.807, 2.05) is 37.3 Å². The van der Waals surface area contributed by atoms with Gasteiger partial charge in [0.05, 0.1) is 29.4 Å². The van der Waals surface area contributed by atoms with Gasteiger partial charge in [0.2, 0.25) is 0 Å². The summed E-state index contributed by atoms with van der Waals surface area (Å²) in [6.45, 7) is 4.62. The summed E-state index contributed by atoms with van der Waals surface area (Å²) < 4.78 is 5.44. The van der Waals surface area contributed by atoms with Crippen LogP contribution in [-0.2, 0) is 4.74 Å². The number of ether oxygens (including phenoxy) is 1. The molecular formula is C20H20N4O3. The van der Waals surface area contributed by atoms with Crippen molar-refractivity contribution in [2.45, 2.75) is 12.8 Å². The first-order chi connectivity index (χ1) is 13.1. The monoisotopic (exact) mass is 364 g/mol. The summed E-state index contributed by atoms with van der Waals surface area (Å²) in [4.78, 5) is 17.5. The number of non-ortho nitro benzene ring substituents is 1. The molecule has 0 amide bonds. The molecule has 1 heterocycles. The van der Waals surface area contributed by atoms with Crippen LogP contribution in [0.2, 0.25) is 0 Å². The Kier molecular flexibility index (Phi) is 5.79. The highest BCUT2D eigenvalue weighted by molar-refractivity contribution is 5.91. The summed E-state index contributed by atoms with van der Waals surface area (Å²) in [5, 5.41) is 20.5. The maximum Gasteiger partial charge on any atom is 0.271 e. The minimum atomic E-state index is -0.477. The van der Waals surface area contributed by atoms with Gasteiger partial charge in [-0.05, 0) is 11.6 Å². The van der Waals surface area contributed by atoms with Gasteiger partial charge in [0, 0.05) is 31.1 Å². The van der Waals surface area contributed by atoms with Gasteiger partial charge >= 0.3 is 0 Å². The first-order valence-corrected chi connectivity index (χ1v) is 8.75. The third kappa shape index (κ3) is 4.30. The molecule has 1 aliphatic heterocycles. The lowest BCUT2D eigenvalue weighted by Crippen LogP contribution is -2.42. The molecule has 7 heteroatoms. The van der Waals surface area contributed by atoms with E-state index in [-0.39, 0.29) is 11.6 Å². The number of morpholine rings is 1. The van der Waals surface area contributed by atoms with Gasteiger partial charge in [0.25, 0.3) is 5.69 Å². The Morgan fingerprint density at radius 2 is 1.96 bits per heavy atom. The highest BCUT2D eigenvalue weighted by atomic mass is 16.6. The van der Waals surface area contributed by atoms with Crippen LogP contribution >= 0.6 is 0 Å². The summed E-state index contributed by atoms with van der Waals surface area (Å²) in [5.41, 5.74) is 1.63. The van der Waals surface area contributed by atoms with Crippen LogP contribution < -0.4 is 0 Å². The molecule has 1 unspecified atom stereocenters. The normalized spacial score (nSPS) is 15.9. The van der Waals surface area contributed by atoms with E-state index < -0.39 is 4.92 Å². The van der Waals surface area contributed by atoms with Crippen LogP contribution in [0.3, 0.4) is 0 Å². The van der Waals surface area contributed by atoms with E-state index in [4.69, 9.17) is 9.73 Å². The van der Waals surface area contributed by atoms with Crippen molar-refractivity contribution in [2.75, 3.05) is 26.3 Å². The number of nitro groups is 1. The van der Waals surface area contributed by atoms with Crippen molar-refractivity contribution >= 4 is 17.2 Å². The molecule has 0 aliphatic carbocycles. The van der Waals surface area contributed by atoms with Crippen LogP contribution in [0, 0.1) is 21.4 Å². The van der Waals surface area contributed by atoms with Crippen LogP contribution in [0.15, 0.2) is 53.5 Å². The zero-order valence-electron chi connectivity index (χ0n) is 15.0. The summed E-state index contributed by atoms with van der Waals surface area (Å²) >= 11 is 0. The zero-order chi connectivity index (χ0) is 19.2. The molecule has 138 valence electrons. The number of nitrogens with zero attached hydrogens (tertiary/aromatic N) is 4. The lowest BCUT2D eigenvalue weighted by molar-refractivity contribution is -0.384. The number of nitriles is 1. The van der Waals surface area contributed by atoms with E-state index in [9.17, 15) is 15.4 Å². The molecule has 2 aromatic rings. The summed E-state index contributed by atoms with van der Waals surface area (Å²) in [7, 11) is 0. The smallest absolute Gasteiger partial charge is 0.271 e. The number of hydrogen-bond acceptors (Lipinski definition) is 5. The van der Waals surface area contributed by atoms with Crippen molar-refractivity contribution in [1.29, 1.82) is 5.26 Å². The molecule has 3 rings (SSSR count). The van der Waals surface area contributed by atoms with Crippen molar-refractivity contribution in [3.8, 4) is 6.07 Å². The van der Waals surface area contributed by atoms with Gasteiger partial charge in [0.1, 0.15) is 11.9 Å². The molecule has 1 atom stereocenters. The summed E-state index contributed by atoms with van der Waals surface area (Å²) in [6.07, 6.45) is 0. The Morgan fingerprint density at radius 1 is 1.26 bits per heavy atom. The molecule has 1 saturated heterocycles. The van der Waals surface area contributed by atoms with Crippen LogP contribution in [0.25, 0.3) is 0 Å². The van der Waals surface area contributed by atoms with Crippen molar-refractivity contribution in [3.05, 3.63) is 69.8 Å². The van der Waals surface area contributed by atoms with E-state index in [0.29, 0.717) is 37.6 Å². The molecule has 0 spiro atoms. The van der Waals surface area contributed by atoms with E-state index in [2.05, 4.69) is 11.0 Å². The molecule has 0 radical (unpaired) electrons. The largest absolute Gasteiger partial charge is 0.378 e. The average Bonchev–Trinajstić information content (AvgIpc) is 2.72. The van der Waals surface area contributed by atoms with Crippen LogP contribution in [-0.4, -0.2) is 42.0 Å². The fourth-order valence-electron chi connectivity index (χ4n) is 3.07. The maximum atomic E-state index is 11.1. The van der Waals surface area contributed by atoms with Gasteiger partial charge in [-0.3, -0.25) is 10.1 Å². The SMILES string of the molecule is CC(C(=Nc1cc([N+](=O)[O-])ccc1C#N)N1CCOCC1)c1ccccc1. The molecular weight excluding hydrogens is 344 g/mol. The van der Waals surface area contributed by atoms with Crippen molar-refractivity contribution in [1.82, 2.24) is 4.90 Å². The van der Waals surface area contributed by atoms with Gasteiger partial charge in [-0.15, -0.1) is 0 Å². The van der Waals surface area contributed by atoms with E-state index >= 15 is 0 Å². The predicted molar refractivity (Wildman–Crippen MR) is 102 cm³/mol. The Bertz CT molecular complexity index is 884. The molecule has 7 nitrogen and oxygen atoms in total. The number of rotatable bonds is 4. The molecule has 1 aliphatic rings. The summed E-state index contributed by atoms with van der Waals surface area (Å²) in [5.74, 6) is 0.747. The van der Waals surface area contributed by atoms with Gasteiger partial charge in [-0.25, -0.2) is 4.99 Å². The summed E-state index contributed by atoms with van der Waals surface area (Å²) in [6, 6.07) is 16.2. The second-order valence-electron chi connectivity index (χ2n) is 6.27. The Hall–Kier alpha value is -3.24. The second kappa shape index (κ2) is 8.43. The minimum absolute atomic E-state index is 0.0323. The highest BCUT2D eigenvalue weighted by Gasteiger charge is 2.23. The minimum Gasteiger partial charge on any atom is -0.378 e. The predicted octanol–water partition coefficient (Wildman–Crippen LogP) is 3.63. The topological polar surface area (TPSA) is 91.8 Å². The van der Waals surface area contributed by atoms with Gasteiger partial charge < -0.3 is 9.64 Å². The number of nitro benzene ring substituents is 1. The number of aliphatic imine (C=N–C) groups is 1. The second-order valence-corrected chi connectivity index (χ2v) is 6.27. The standard InChI is InChI=1S/C20H20N4O3/c1-15(16-5-3-2-4-6-16)20(23-9-11-27-12-10-23)22-19-13-18(24(25)26)8-7-17(19)14-21/h2-8,13,15H,9-12H2,1H3. The first-order valence-electron chi connectivity index (χ1n) is 8.75. The first kappa shape index (κ1) is 18.5. The Labute approximate surface area is 157 Å². The van der Waals surface area contributed by atoms with Gasteiger partial charge in [-0.1, -0.05) is 37.3 Å². The molecule has 0 bridgehead atoms. The quantitative estimate of drug-likeness (QED) is 0.357. The third-order valence-corrected chi connectivity index (χ3v) is 4.57. The number of benzene rings is 2. The zero-order valence-corrected chi connectivity index (χ0v) is 15.0. The fraction of sp³-hybridized carbons (Fsp3) is 0.300.